The minimum absolute atomic E-state index is 0.167. The number of aliphatic hydroxyl groups is 2. The predicted molar refractivity (Wildman–Crippen MR) is 41.7 cm³/mol. The standard InChI is InChI=1S/C8H14O2/c1-2-8(10)6-4-3-5-7-9/h2-4,8-10H,1,5-7H2. The molecule has 0 aromatic carbocycles. The van der Waals surface area contributed by atoms with E-state index in [-0.39, 0.29) is 6.61 Å². The third kappa shape index (κ3) is 5.54. The van der Waals surface area contributed by atoms with Gasteiger partial charge in [0.25, 0.3) is 0 Å². The molecule has 2 nitrogen and oxygen atoms in total. The summed E-state index contributed by atoms with van der Waals surface area (Å²) in [7, 11) is 0. The molecule has 0 heterocycles. The molecule has 0 saturated carbocycles. The first-order valence-electron chi connectivity index (χ1n) is 3.37. The van der Waals surface area contributed by atoms with E-state index in [9.17, 15) is 0 Å². The molecule has 1 unspecified atom stereocenters. The first kappa shape index (κ1) is 9.40. The Labute approximate surface area is 61.5 Å². The molecule has 0 aromatic rings. The van der Waals surface area contributed by atoms with Crippen LogP contribution in [-0.4, -0.2) is 22.9 Å². The van der Waals surface area contributed by atoms with Gasteiger partial charge in [-0.3, -0.25) is 0 Å². The summed E-state index contributed by atoms with van der Waals surface area (Å²) in [6.45, 7) is 3.59. The highest BCUT2D eigenvalue weighted by molar-refractivity contribution is 4.89. The van der Waals surface area contributed by atoms with Gasteiger partial charge in [-0.1, -0.05) is 18.2 Å². The normalized spacial score (nSPS) is 13.8. The number of hydrogen-bond acceptors (Lipinski definition) is 2. The van der Waals surface area contributed by atoms with E-state index in [1.54, 1.807) is 0 Å². The minimum Gasteiger partial charge on any atom is -0.396 e. The van der Waals surface area contributed by atoms with E-state index in [2.05, 4.69) is 6.58 Å². The molecule has 0 spiro atoms. The molecule has 0 saturated heterocycles. The summed E-state index contributed by atoms with van der Waals surface area (Å²) in [5, 5.41) is 17.3. The monoisotopic (exact) mass is 142 g/mol. The van der Waals surface area contributed by atoms with Crippen molar-refractivity contribution in [3.05, 3.63) is 24.8 Å². The van der Waals surface area contributed by atoms with Crippen LogP contribution < -0.4 is 0 Å². The Morgan fingerprint density at radius 3 is 2.60 bits per heavy atom. The van der Waals surface area contributed by atoms with Crippen molar-refractivity contribution in [1.82, 2.24) is 0 Å². The predicted octanol–water partition coefficient (Wildman–Crippen LogP) is 0.862. The second-order valence-corrected chi connectivity index (χ2v) is 2.02. The molecule has 2 heteroatoms. The van der Waals surface area contributed by atoms with E-state index in [0.717, 1.165) is 0 Å². The third-order valence-corrected chi connectivity index (χ3v) is 1.11. The maximum Gasteiger partial charge on any atom is 0.0752 e. The quantitative estimate of drug-likeness (QED) is 0.559. The molecule has 0 radical (unpaired) electrons. The molecule has 1 atom stereocenters. The van der Waals surface area contributed by atoms with Gasteiger partial charge in [-0.15, -0.1) is 6.58 Å². The molecule has 0 aliphatic heterocycles. The van der Waals surface area contributed by atoms with Gasteiger partial charge < -0.3 is 10.2 Å². The van der Waals surface area contributed by atoms with E-state index in [1.165, 1.54) is 6.08 Å². The van der Waals surface area contributed by atoms with Gasteiger partial charge in [0.2, 0.25) is 0 Å². The van der Waals surface area contributed by atoms with Gasteiger partial charge in [-0.05, 0) is 12.8 Å². The molecular formula is C8H14O2. The lowest BCUT2D eigenvalue weighted by molar-refractivity contribution is 0.227. The second-order valence-electron chi connectivity index (χ2n) is 2.02. The van der Waals surface area contributed by atoms with Crippen LogP contribution in [0.15, 0.2) is 24.8 Å². The lowest BCUT2D eigenvalue weighted by Gasteiger charge is -1.97. The molecular weight excluding hydrogens is 128 g/mol. The SMILES string of the molecule is C=CC(O)CC=CCCO. The van der Waals surface area contributed by atoms with Crippen LogP contribution in [0, 0.1) is 0 Å². The maximum atomic E-state index is 8.93. The number of hydrogen-bond donors (Lipinski definition) is 2. The molecule has 0 aliphatic rings. The summed E-state index contributed by atoms with van der Waals surface area (Å²) in [6, 6.07) is 0. The Balaban J connectivity index is 3.24. The summed E-state index contributed by atoms with van der Waals surface area (Å²) in [6.07, 6.45) is 5.96. The third-order valence-electron chi connectivity index (χ3n) is 1.11. The number of aliphatic hydroxyl groups excluding tert-OH is 2. The molecule has 0 bridgehead atoms. The van der Waals surface area contributed by atoms with Gasteiger partial charge in [-0.2, -0.15) is 0 Å². The highest BCUT2D eigenvalue weighted by Crippen LogP contribution is 1.94. The van der Waals surface area contributed by atoms with E-state index >= 15 is 0 Å². The van der Waals surface area contributed by atoms with Gasteiger partial charge in [-0.25, -0.2) is 0 Å². The fourth-order valence-corrected chi connectivity index (χ4v) is 0.524. The van der Waals surface area contributed by atoms with Crippen molar-refractivity contribution in [3.63, 3.8) is 0 Å². The largest absolute Gasteiger partial charge is 0.396 e. The fourth-order valence-electron chi connectivity index (χ4n) is 0.524. The van der Waals surface area contributed by atoms with Crippen molar-refractivity contribution in [2.45, 2.75) is 18.9 Å². The van der Waals surface area contributed by atoms with Gasteiger partial charge in [0.05, 0.1) is 6.10 Å². The van der Waals surface area contributed by atoms with Crippen LogP contribution in [0.3, 0.4) is 0 Å². The summed E-state index contributed by atoms with van der Waals surface area (Å²) in [4.78, 5) is 0. The van der Waals surface area contributed by atoms with Crippen LogP contribution in [0.5, 0.6) is 0 Å². The maximum absolute atomic E-state index is 8.93. The number of rotatable bonds is 5. The minimum atomic E-state index is -0.449. The van der Waals surface area contributed by atoms with Gasteiger partial charge in [0, 0.05) is 6.61 Å². The second kappa shape index (κ2) is 6.52. The van der Waals surface area contributed by atoms with Crippen LogP contribution in [0.25, 0.3) is 0 Å². The lowest BCUT2D eigenvalue weighted by Crippen LogP contribution is -1.97. The van der Waals surface area contributed by atoms with Crippen molar-refractivity contribution in [2.75, 3.05) is 6.61 Å². The average molecular weight is 142 g/mol. The Morgan fingerprint density at radius 1 is 1.40 bits per heavy atom. The van der Waals surface area contributed by atoms with Crippen LogP contribution in [-0.2, 0) is 0 Å². The van der Waals surface area contributed by atoms with Gasteiger partial charge >= 0.3 is 0 Å². The van der Waals surface area contributed by atoms with Crippen molar-refractivity contribution >= 4 is 0 Å². The Kier molecular flexibility index (Phi) is 6.13. The zero-order valence-corrected chi connectivity index (χ0v) is 6.03. The molecule has 10 heavy (non-hydrogen) atoms. The molecule has 0 aliphatic carbocycles. The lowest BCUT2D eigenvalue weighted by atomic mass is 10.2. The van der Waals surface area contributed by atoms with E-state index in [1.807, 2.05) is 12.2 Å². The van der Waals surface area contributed by atoms with Crippen LogP contribution in [0.2, 0.25) is 0 Å². The fraction of sp³-hybridized carbons (Fsp3) is 0.500. The van der Waals surface area contributed by atoms with Crippen molar-refractivity contribution in [3.8, 4) is 0 Å². The Hall–Kier alpha value is -0.600. The molecule has 0 rings (SSSR count). The molecule has 58 valence electrons. The highest BCUT2D eigenvalue weighted by Gasteiger charge is 1.90. The Bertz CT molecular complexity index is 108. The van der Waals surface area contributed by atoms with Crippen LogP contribution in [0.4, 0.5) is 0 Å². The first-order chi connectivity index (χ1) is 4.81. The van der Waals surface area contributed by atoms with Gasteiger partial charge in [0.1, 0.15) is 0 Å². The van der Waals surface area contributed by atoms with Crippen molar-refractivity contribution in [2.24, 2.45) is 0 Å². The zero-order chi connectivity index (χ0) is 7.82. The average Bonchev–Trinajstić information content (AvgIpc) is 1.98. The van der Waals surface area contributed by atoms with Gasteiger partial charge in [0.15, 0.2) is 0 Å². The van der Waals surface area contributed by atoms with E-state index in [0.29, 0.717) is 12.8 Å². The van der Waals surface area contributed by atoms with Crippen LogP contribution in [0.1, 0.15) is 12.8 Å². The topological polar surface area (TPSA) is 40.5 Å². The Morgan fingerprint density at radius 2 is 2.10 bits per heavy atom. The van der Waals surface area contributed by atoms with Crippen molar-refractivity contribution in [1.29, 1.82) is 0 Å². The summed E-state index contributed by atoms with van der Waals surface area (Å²) in [5.74, 6) is 0. The smallest absolute Gasteiger partial charge is 0.0752 e. The summed E-state index contributed by atoms with van der Waals surface area (Å²) < 4.78 is 0. The van der Waals surface area contributed by atoms with E-state index in [4.69, 9.17) is 10.2 Å². The summed E-state index contributed by atoms with van der Waals surface area (Å²) in [5.41, 5.74) is 0. The first-order valence-corrected chi connectivity index (χ1v) is 3.37. The van der Waals surface area contributed by atoms with Crippen molar-refractivity contribution < 1.29 is 10.2 Å². The zero-order valence-electron chi connectivity index (χ0n) is 6.03. The van der Waals surface area contributed by atoms with E-state index < -0.39 is 6.10 Å². The molecule has 0 fully saturated rings. The van der Waals surface area contributed by atoms with Crippen LogP contribution >= 0.6 is 0 Å². The molecule has 0 aromatic heterocycles. The summed E-state index contributed by atoms with van der Waals surface area (Å²) >= 11 is 0. The molecule has 2 N–H and O–H groups in total. The molecule has 0 amide bonds. The highest BCUT2D eigenvalue weighted by atomic mass is 16.3.